The van der Waals surface area contributed by atoms with Gasteiger partial charge >= 0.3 is 5.97 Å². The van der Waals surface area contributed by atoms with E-state index in [-0.39, 0.29) is 35.3 Å². The number of methoxy groups -OCH3 is 1. The summed E-state index contributed by atoms with van der Waals surface area (Å²) in [7, 11) is 6.94. The highest BCUT2D eigenvalue weighted by atomic mass is 19.1. The Labute approximate surface area is 215 Å². The van der Waals surface area contributed by atoms with Gasteiger partial charge in [0.25, 0.3) is 0 Å². The van der Waals surface area contributed by atoms with E-state index in [1.54, 1.807) is 4.57 Å². The van der Waals surface area contributed by atoms with Gasteiger partial charge in [0.1, 0.15) is 17.8 Å². The molecule has 1 saturated carbocycles. The largest absolute Gasteiger partial charge is 0.550 e. The number of ether oxygens (including phenoxy) is 2. The summed E-state index contributed by atoms with van der Waals surface area (Å²) in [6.07, 6.45) is 1.62. The molecule has 0 amide bonds. The first kappa shape index (κ1) is 26.9. The molecule has 1 aliphatic heterocycles. The number of piperazine rings is 1. The zero-order chi connectivity index (χ0) is 27.1. The van der Waals surface area contributed by atoms with E-state index in [2.05, 4.69) is 5.32 Å². The molecule has 4 rings (SSSR count). The van der Waals surface area contributed by atoms with Crippen molar-refractivity contribution >= 4 is 28.5 Å². The number of esters is 1. The van der Waals surface area contributed by atoms with Crippen LogP contribution in [0.15, 0.2) is 17.1 Å². The van der Waals surface area contributed by atoms with Gasteiger partial charge in [0.15, 0.2) is 17.7 Å². The number of halogens is 1. The number of carbonyl (C=O) groups is 2. The van der Waals surface area contributed by atoms with Crippen LogP contribution >= 0.6 is 0 Å². The molecule has 0 spiro atoms. The highest BCUT2D eigenvalue weighted by molar-refractivity contribution is 5.98. The molecule has 2 heterocycles. The Morgan fingerprint density at radius 2 is 2.00 bits per heavy atom. The molecule has 2 fully saturated rings. The van der Waals surface area contributed by atoms with Crippen molar-refractivity contribution in [2.75, 3.05) is 59.3 Å². The Kier molecular flexibility index (Phi) is 7.48. The minimum Gasteiger partial charge on any atom is -0.550 e. The molecule has 1 saturated heterocycles. The Morgan fingerprint density at radius 3 is 2.57 bits per heavy atom. The van der Waals surface area contributed by atoms with E-state index in [0.29, 0.717) is 35.3 Å². The highest BCUT2D eigenvalue weighted by Crippen LogP contribution is 2.43. The van der Waals surface area contributed by atoms with Crippen LogP contribution in [0.4, 0.5) is 10.1 Å². The smallest absolute Gasteiger partial charge is 0.344 e. The molecule has 0 bridgehead atoms. The third-order valence-corrected chi connectivity index (χ3v) is 6.67. The van der Waals surface area contributed by atoms with Gasteiger partial charge in [0.05, 0.1) is 39.2 Å². The van der Waals surface area contributed by atoms with Gasteiger partial charge in [0, 0.05) is 50.3 Å². The molecule has 10 nitrogen and oxygen atoms in total. The zero-order valence-electron chi connectivity index (χ0n) is 22.0. The van der Waals surface area contributed by atoms with Crippen molar-refractivity contribution < 1.29 is 33.0 Å². The van der Waals surface area contributed by atoms with Crippen molar-refractivity contribution in [1.29, 1.82) is 0 Å². The van der Waals surface area contributed by atoms with Crippen LogP contribution in [0.1, 0.15) is 42.6 Å². The summed E-state index contributed by atoms with van der Waals surface area (Å²) in [5, 5.41) is 14.6. The van der Waals surface area contributed by atoms with E-state index in [4.69, 9.17) is 9.47 Å². The van der Waals surface area contributed by atoms with Gasteiger partial charge in [-0.3, -0.25) is 4.79 Å². The number of fused-ring (bicyclic) bond motifs is 1. The Bertz CT molecular complexity index is 1270. The van der Waals surface area contributed by atoms with E-state index in [9.17, 15) is 19.5 Å². The average molecular weight is 519 g/mol. The number of carbonyl (C=O) groups excluding carboxylic acids is 2. The summed E-state index contributed by atoms with van der Waals surface area (Å²) in [5.74, 6) is -2.65. The van der Waals surface area contributed by atoms with E-state index in [0.717, 1.165) is 12.8 Å². The number of rotatable bonds is 9. The van der Waals surface area contributed by atoms with Crippen LogP contribution in [0.2, 0.25) is 0 Å². The predicted molar refractivity (Wildman–Crippen MR) is 134 cm³/mol. The fraction of sp³-hybridized carbons (Fsp3) is 0.577. The lowest BCUT2D eigenvalue weighted by Crippen LogP contribution is -2.49. The van der Waals surface area contributed by atoms with E-state index < -0.39 is 35.7 Å². The number of pyridine rings is 1. The number of hydrogen-bond acceptors (Lipinski definition) is 8. The number of carboxylic acid groups (broad SMARTS) is 1. The summed E-state index contributed by atoms with van der Waals surface area (Å²) in [6.45, 7) is 4.06. The van der Waals surface area contributed by atoms with Crippen LogP contribution in [0.25, 0.3) is 10.9 Å². The monoisotopic (exact) mass is 518 g/mol. The van der Waals surface area contributed by atoms with Gasteiger partial charge in [-0.1, -0.05) is 0 Å². The number of hydrogen-bond donors (Lipinski definition) is 1. The fourth-order valence-corrected chi connectivity index (χ4v) is 5.01. The zero-order valence-corrected chi connectivity index (χ0v) is 22.0. The summed E-state index contributed by atoms with van der Waals surface area (Å²) in [4.78, 5) is 39.9. The van der Waals surface area contributed by atoms with Crippen molar-refractivity contribution in [3.05, 3.63) is 33.9 Å². The minimum atomic E-state index is -1.36. The Balaban J connectivity index is 1.82. The molecule has 11 heteroatoms. The molecule has 2 aromatic rings. The second-order valence-electron chi connectivity index (χ2n) is 11.0. The standard InChI is InChI=1S/C26H35FN4O6/c1-15-12-29(9-8-28-15)23-20(27)11-18-22(25(23)36-5)30(16-6-7-16)13-19(24(18)34)26(35)37-17(10-21(32)33)14-31(2,3)4/h11,13,15-17,28H,6-10,12,14H2,1-5H3. The first-order valence-electron chi connectivity index (χ1n) is 12.5. The maximum Gasteiger partial charge on any atom is 0.344 e. The second kappa shape index (κ2) is 10.3. The number of aromatic nitrogens is 1. The van der Waals surface area contributed by atoms with Crippen molar-refractivity contribution in [3.8, 4) is 5.75 Å². The summed E-state index contributed by atoms with van der Waals surface area (Å²) >= 11 is 0. The van der Waals surface area contributed by atoms with E-state index in [1.165, 1.54) is 19.4 Å². The summed E-state index contributed by atoms with van der Waals surface area (Å²) in [5.41, 5.74) is -0.225. The van der Waals surface area contributed by atoms with Gasteiger partial charge in [0.2, 0.25) is 5.43 Å². The minimum absolute atomic E-state index is 0.0192. The maximum absolute atomic E-state index is 15.6. The normalized spacial score (nSPS) is 19.1. The quantitative estimate of drug-likeness (QED) is 0.381. The van der Waals surface area contributed by atoms with Crippen molar-refractivity contribution in [2.24, 2.45) is 0 Å². The summed E-state index contributed by atoms with van der Waals surface area (Å²) in [6, 6.07) is 1.34. The molecule has 1 aromatic carbocycles. The lowest BCUT2D eigenvalue weighted by Gasteiger charge is -2.35. The number of nitrogens with one attached hydrogen (secondary N) is 1. The first-order chi connectivity index (χ1) is 17.4. The number of carboxylic acids is 1. The first-order valence-corrected chi connectivity index (χ1v) is 12.5. The van der Waals surface area contributed by atoms with Crippen molar-refractivity contribution in [3.63, 3.8) is 0 Å². The number of aliphatic carboxylic acids is 1. The van der Waals surface area contributed by atoms with E-state index >= 15 is 4.39 Å². The fourth-order valence-electron chi connectivity index (χ4n) is 5.01. The lowest BCUT2D eigenvalue weighted by atomic mass is 10.1. The molecule has 202 valence electrons. The van der Waals surface area contributed by atoms with Crippen molar-refractivity contribution in [2.45, 2.75) is 44.4 Å². The third kappa shape index (κ3) is 5.88. The molecule has 2 aliphatic rings. The SMILES string of the molecule is COc1c(N2CCNC(C)C2)c(F)cc2c(=O)c(C(=O)OC(CC(=O)[O-])C[N+](C)(C)C)cn(C3CC3)c12. The molecule has 2 unspecified atom stereocenters. The topological polar surface area (TPSA) is 113 Å². The molecule has 1 aromatic heterocycles. The number of anilines is 1. The Hall–Kier alpha value is -3.18. The number of likely N-dealkylation sites (N-methyl/N-ethyl adjacent to an activating group) is 1. The predicted octanol–water partition coefficient (Wildman–Crippen LogP) is 0.654. The molecule has 1 aliphatic carbocycles. The molecule has 37 heavy (non-hydrogen) atoms. The number of nitrogens with zero attached hydrogens (tertiary/aromatic N) is 3. The van der Waals surface area contributed by atoms with Gasteiger partial charge in [-0.15, -0.1) is 0 Å². The lowest BCUT2D eigenvalue weighted by molar-refractivity contribution is -0.873. The Morgan fingerprint density at radius 1 is 1.30 bits per heavy atom. The van der Waals surface area contributed by atoms with Crippen LogP contribution in [-0.2, 0) is 9.53 Å². The van der Waals surface area contributed by atoms with Gasteiger partial charge in [-0.05, 0) is 25.8 Å². The molecule has 0 radical (unpaired) electrons. The van der Waals surface area contributed by atoms with Gasteiger partial charge in [-0.25, -0.2) is 9.18 Å². The molecular formula is C26H35FN4O6. The molecule has 1 N–H and O–H groups in total. The van der Waals surface area contributed by atoms with Crippen LogP contribution in [0, 0.1) is 5.82 Å². The maximum atomic E-state index is 15.6. The van der Waals surface area contributed by atoms with Gasteiger partial charge < -0.3 is 38.6 Å². The van der Waals surface area contributed by atoms with Crippen molar-refractivity contribution in [1.82, 2.24) is 9.88 Å². The van der Waals surface area contributed by atoms with Crippen LogP contribution in [-0.4, -0.2) is 87.6 Å². The van der Waals surface area contributed by atoms with Crippen LogP contribution in [0.5, 0.6) is 5.75 Å². The second-order valence-corrected chi connectivity index (χ2v) is 11.0. The highest BCUT2D eigenvalue weighted by Gasteiger charge is 2.33. The number of quaternary nitrogens is 1. The average Bonchev–Trinajstić information content (AvgIpc) is 3.62. The molecule has 2 atom stereocenters. The van der Waals surface area contributed by atoms with E-state index in [1.807, 2.05) is 33.0 Å². The third-order valence-electron chi connectivity index (χ3n) is 6.67. The molecular weight excluding hydrogens is 483 g/mol. The summed E-state index contributed by atoms with van der Waals surface area (Å²) < 4.78 is 28.9. The van der Waals surface area contributed by atoms with Crippen LogP contribution < -0.4 is 25.5 Å². The van der Waals surface area contributed by atoms with Gasteiger partial charge in [-0.2, -0.15) is 0 Å². The van der Waals surface area contributed by atoms with Crippen LogP contribution in [0.3, 0.4) is 0 Å². The number of benzene rings is 1.